The van der Waals surface area contributed by atoms with Crippen molar-refractivity contribution in [2.75, 3.05) is 19.7 Å². The topological polar surface area (TPSA) is 99.7 Å². The average molecular weight is 352 g/mol. The fourth-order valence-electron chi connectivity index (χ4n) is 2.74. The van der Waals surface area contributed by atoms with E-state index in [-0.39, 0.29) is 12.7 Å². The van der Waals surface area contributed by atoms with Crippen LogP contribution in [0.15, 0.2) is 0 Å². The molecule has 0 bridgehead atoms. The zero-order chi connectivity index (χ0) is 18.6. The van der Waals surface area contributed by atoms with Gasteiger partial charge in [-0.3, -0.25) is 4.68 Å². The Labute approximate surface area is 148 Å². The Hall–Kier alpha value is -2.09. The first-order chi connectivity index (χ1) is 11.8. The van der Waals surface area contributed by atoms with E-state index >= 15 is 0 Å². The van der Waals surface area contributed by atoms with Gasteiger partial charge in [0.2, 0.25) is 0 Å². The van der Waals surface area contributed by atoms with Crippen LogP contribution in [0, 0.1) is 0 Å². The Bertz CT molecular complexity index is 633. The molecule has 0 fully saturated rings. The molecule has 1 amide bonds. The van der Waals surface area contributed by atoms with Crippen LogP contribution in [0.2, 0.25) is 0 Å². The third kappa shape index (κ3) is 4.72. The van der Waals surface area contributed by atoms with Crippen LogP contribution >= 0.6 is 0 Å². The van der Waals surface area contributed by atoms with Gasteiger partial charge < -0.3 is 20.1 Å². The zero-order valence-electron chi connectivity index (χ0n) is 15.5. The van der Waals surface area contributed by atoms with Crippen molar-refractivity contribution >= 4 is 12.1 Å². The van der Waals surface area contributed by atoms with Crippen LogP contribution in [-0.2, 0) is 29.0 Å². The molecule has 8 heteroatoms. The number of nitrogens with zero attached hydrogens (tertiary/aromatic N) is 3. The van der Waals surface area contributed by atoms with Crippen molar-refractivity contribution in [2.24, 2.45) is 5.73 Å². The summed E-state index contributed by atoms with van der Waals surface area (Å²) < 4.78 is 12.3. The van der Waals surface area contributed by atoms with Crippen molar-refractivity contribution < 1.29 is 19.1 Å². The molecule has 1 aliphatic heterocycles. The summed E-state index contributed by atoms with van der Waals surface area (Å²) in [6, 6.07) is 0. The quantitative estimate of drug-likeness (QED) is 0.810. The molecular formula is C17H28N4O4. The standard InChI is InChI=1S/C17H28N4O4/c1-5-24-15(22)14-12-11-20(16(23)25-17(2,3)4)10-7-13(12)19-21(14)9-6-8-18/h5-11,18H2,1-4H3. The minimum atomic E-state index is -0.563. The van der Waals surface area contributed by atoms with Crippen molar-refractivity contribution in [1.82, 2.24) is 14.7 Å². The second-order valence-corrected chi connectivity index (χ2v) is 7.01. The Morgan fingerprint density at radius 3 is 2.64 bits per heavy atom. The van der Waals surface area contributed by atoms with Crippen molar-refractivity contribution in [3.05, 3.63) is 17.0 Å². The Balaban J connectivity index is 2.27. The van der Waals surface area contributed by atoms with Crippen molar-refractivity contribution in [1.29, 1.82) is 0 Å². The molecule has 0 spiro atoms. The molecular weight excluding hydrogens is 324 g/mol. The molecule has 1 aromatic heterocycles. The van der Waals surface area contributed by atoms with Crippen LogP contribution in [0.5, 0.6) is 0 Å². The van der Waals surface area contributed by atoms with E-state index in [2.05, 4.69) is 5.10 Å². The molecule has 0 saturated heterocycles. The van der Waals surface area contributed by atoms with Crippen LogP contribution in [-0.4, -0.2) is 52.0 Å². The molecule has 0 aromatic carbocycles. The number of carbonyl (C=O) groups excluding carboxylic acids is 2. The number of aryl methyl sites for hydroxylation is 1. The van der Waals surface area contributed by atoms with E-state index in [4.69, 9.17) is 15.2 Å². The van der Waals surface area contributed by atoms with E-state index in [1.54, 1.807) is 16.5 Å². The number of rotatable bonds is 5. The molecule has 8 nitrogen and oxygen atoms in total. The fraction of sp³-hybridized carbons (Fsp3) is 0.706. The molecule has 2 heterocycles. The lowest BCUT2D eigenvalue weighted by atomic mass is 10.1. The third-order valence-electron chi connectivity index (χ3n) is 3.80. The van der Waals surface area contributed by atoms with Gasteiger partial charge in [-0.25, -0.2) is 9.59 Å². The number of aromatic nitrogens is 2. The highest BCUT2D eigenvalue weighted by Gasteiger charge is 2.32. The Morgan fingerprint density at radius 1 is 1.32 bits per heavy atom. The van der Waals surface area contributed by atoms with Crippen LogP contribution in [0.4, 0.5) is 4.79 Å². The molecule has 2 N–H and O–H groups in total. The summed E-state index contributed by atoms with van der Waals surface area (Å²) in [6.45, 7) is 9.39. The number of amides is 1. The van der Waals surface area contributed by atoms with Gasteiger partial charge in [-0.1, -0.05) is 0 Å². The summed E-state index contributed by atoms with van der Waals surface area (Å²) >= 11 is 0. The maximum atomic E-state index is 12.4. The number of esters is 1. The van der Waals surface area contributed by atoms with Gasteiger partial charge in [-0.2, -0.15) is 5.10 Å². The number of carbonyl (C=O) groups is 2. The van der Waals surface area contributed by atoms with Gasteiger partial charge in [0.05, 0.1) is 18.8 Å². The maximum Gasteiger partial charge on any atom is 0.410 e. The molecule has 25 heavy (non-hydrogen) atoms. The number of ether oxygens (including phenoxy) is 2. The first kappa shape index (κ1) is 19.2. The molecule has 1 aliphatic rings. The van der Waals surface area contributed by atoms with Crippen molar-refractivity contribution in [3.8, 4) is 0 Å². The maximum absolute atomic E-state index is 12.4. The highest BCUT2D eigenvalue weighted by atomic mass is 16.6. The normalized spacial score (nSPS) is 14.2. The summed E-state index contributed by atoms with van der Waals surface area (Å²) in [6.07, 6.45) is 0.905. The van der Waals surface area contributed by atoms with Crippen LogP contribution in [0.1, 0.15) is 55.9 Å². The number of nitrogens with two attached hydrogens (primary N) is 1. The summed E-state index contributed by atoms with van der Waals surface area (Å²) in [5.74, 6) is -0.417. The molecule has 0 aliphatic carbocycles. The lowest BCUT2D eigenvalue weighted by Crippen LogP contribution is -2.40. The van der Waals surface area contributed by atoms with E-state index in [1.165, 1.54) is 0 Å². The fourth-order valence-corrected chi connectivity index (χ4v) is 2.74. The third-order valence-corrected chi connectivity index (χ3v) is 3.80. The molecule has 1 aromatic rings. The highest BCUT2D eigenvalue weighted by molar-refractivity contribution is 5.90. The van der Waals surface area contributed by atoms with Crippen molar-refractivity contribution in [2.45, 2.75) is 59.2 Å². The minimum Gasteiger partial charge on any atom is -0.461 e. The van der Waals surface area contributed by atoms with Crippen LogP contribution in [0.25, 0.3) is 0 Å². The molecule has 0 saturated carbocycles. The summed E-state index contributed by atoms with van der Waals surface area (Å²) in [7, 11) is 0. The number of hydrogen-bond donors (Lipinski definition) is 1. The van der Waals surface area contributed by atoms with Gasteiger partial charge in [0.1, 0.15) is 5.60 Å². The summed E-state index contributed by atoms with van der Waals surface area (Å²) in [5.41, 5.74) is 7.01. The van der Waals surface area contributed by atoms with Gasteiger partial charge >= 0.3 is 12.1 Å². The van der Waals surface area contributed by atoms with E-state index in [0.29, 0.717) is 44.7 Å². The molecule has 0 radical (unpaired) electrons. The minimum absolute atomic E-state index is 0.283. The van der Waals surface area contributed by atoms with Gasteiger partial charge in [-0.05, 0) is 40.7 Å². The lowest BCUT2D eigenvalue weighted by Gasteiger charge is -2.29. The van der Waals surface area contributed by atoms with Gasteiger partial charge in [0.15, 0.2) is 5.69 Å². The SMILES string of the molecule is CCOC(=O)c1c2c(nn1CCCN)CCN(C(=O)OC(C)(C)C)C2. The Morgan fingerprint density at radius 2 is 2.04 bits per heavy atom. The first-order valence-corrected chi connectivity index (χ1v) is 8.70. The summed E-state index contributed by atoms with van der Waals surface area (Å²) in [5, 5.41) is 4.54. The molecule has 2 rings (SSSR count). The molecule has 0 unspecified atom stereocenters. The van der Waals surface area contributed by atoms with Crippen LogP contribution < -0.4 is 5.73 Å². The van der Waals surface area contributed by atoms with Crippen molar-refractivity contribution in [3.63, 3.8) is 0 Å². The van der Waals surface area contributed by atoms with Gasteiger partial charge in [0.25, 0.3) is 0 Å². The van der Waals surface area contributed by atoms with Crippen LogP contribution in [0.3, 0.4) is 0 Å². The predicted octanol–water partition coefficient (Wildman–Crippen LogP) is 1.70. The largest absolute Gasteiger partial charge is 0.461 e. The van der Waals surface area contributed by atoms with Gasteiger partial charge in [0, 0.05) is 25.1 Å². The number of hydrogen-bond acceptors (Lipinski definition) is 6. The van der Waals surface area contributed by atoms with E-state index in [9.17, 15) is 9.59 Å². The lowest BCUT2D eigenvalue weighted by molar-refractivity contribution is 0.0220. The monoisotopic (exact) mass is 352 g/mol. The highest BCUT2D eigenvalue weighted by Crippen LogP contribution is 2.25. The number of fused-ring (bicyclic) bond motifs is 1. The predicted molar refractivity (Wildman–Crippen MR) is 92.2 cm³/mol. The van der Waals surface area contributed by atoms with E-state index in [1.807, 2.05) is 20.8 Å². The first-order valence-electron chi connectivity index (χ1n) is 8.70. The molecule has 0 atom stereocenters. The smallest absolute Gasteiger partial charge is 0.410 e. The molecule has 140 valence electrons. The summed E-state index contributed by atoms with van der Waals surface area (Å²) in [4.78, 5) is 26.4. The van der Waals surface area contributed by atoms with Gasteiger partial charge in [-0.15, -0.1) is 0 Å². The second-order valence-electron chi connectivity index (χ2n) is 7.01. The second kappa shape index (κ2) is 7.86. The van der Waals surface area contributed by atoms with E-state index in [0.717, 1.165) is 11.3 Å². The average Bonchev–Trinajstić information content (AvgIpc) is 2.88. The Kier molecular flexibility index (Phi) is 6.05. The zero-order valence-corrected chi connectivity index (χ0v) is 15.5. The van der Waals surface area contributed by atoms with E-state index < -0.39 is 11.6 Å².